The zero-order chi connectivity index (χ0) is 20.0. The van der Waals surface area contributed by atoms with Crippen molar-refractivity contribution in [1.29, 1.82) is 0 Å². The molecule has 0 spiro atoms. The third kappa shape index (κ3) is 5.35. The molecule has 0 aromatic heterocycles. The average molecular weight is 397 g/mol. The standard InChI is InChI=1S/C24H25ClO3/c1-24(2,19-11-13-20(25)14-12-19)23(26)17-27-16-18-7-6-10-22(15-18)28-21-8-4-3-5-9-21/h3-15,23,26H,16-17H2,1-2H3. The average Bonchev–Trinajstić information content (AvgIpc) is 2.69. The monoisotopic (exact) mass is 396 g/mol. The van der Waals surface area contributed by atoms with Gasteiger partial charge in [0.2, 0.25) is 0 Å². The molecule has 28 heavy (non-hydrogen) atoms. The van der Waals surface area contributed by atoms with Gasteiger partial charge >= 0.3 is 0 Å². The van der Waals surface area contributed by atoms with E-state index in [4.69, 9.17) is 21.1 Å². The van der Waals surface area contributed by atoms with Crippen LogP contribution in [0.5, 0.6) is 11.5 Å². The fourth-order valence-corrected chi connectivity index (χ4v) is 3.02. The van der Waals surface area contributed by atoms with Gasteiger partial charge in [0.25, 0.3) is 0 Å². The van der Waals surface area contributed by atoms with E-state index in [1.807, 2.05) is 92.7 Å². The number of aliphatic hydroxyl groups is 1. The summed E-state index contributed by atoms with van der Waals surface area (Å²) in [6.45, 7) is 4.64. The summed E-state index contributed by atoms with van der Waals surface area (Å²) in [6.07, 6.45) is -0.641. The maximum atomic E-state index is 10.6. The number of halogens is 1. The first-order valence-corrected chi connectivity index (χ1v) is 9.66. The predicted octanol–water partition coefficient (Wildman–Crippen LogP) is 5.99. The second-order valence-electron chi connectivity index (χ2n) is 7.32. The van der Waals surface area contributed by atoms with Crippen LogP contribution >= 0.6 is 11.6 Å². The molecule has 1 atom stereocenters. The Kier molecular flexibility index (Phi) is 6.74. The lowest BCUT2D eigenvalue weighted by Gasteiger charge is -2.31. The predicted molar refractivity (Wildman–Crippen MR) is 113 cm³/mol. The van der Waals surface area contributed by atoms with Crippen molar-refractivity contribution in [2.75, 3.05) is 6.61 Å². The van der Waals surface area contributed by atoms with Gasteiger partial charge in [-0.3, -0.25) is 0 Å². The van der Waals surface area contributed by atoms with Crippen LogP contribution in [0, 0.1) is 0 Å². The van der Waals surface area contributed by atoms with Crippen molar-refractivity contribution in [1.82, 2.24) is 0 Å². The largest absolute Gasteiger partial charge is 0.457 e. The number of rotatable bonds is 8. The van der Waals surface area contributed by atoms with E-state index in [9.17, 15) is 5.11 Å². The van der Waals surface area contributed by atoms with Gasteiger partial charge in [0, 0.05) is 10.4 Å². The molecule has 0 bridgehead atoms. The van der Waals surface area contributed by atoms with Crippen LogP contribution in [0.2, 0.25) is 5.02 Å². The van der Waals surface area contributed by atoms with Crippen LogP contribution < -0.4 is 4.74 Å². The number of hydrogen-bond acceptors (Lipinski definition) is 3. The topological polar surface area (TPSA) is 38.7 Å². The molecule has 1 unspecified atom stereocenters. The van der Waals surface area contributed by atoms with Crippen molar-refractivity contribution in [3.8, 4) is 11.5 Å². The Bertz CT molecular complexity index is 876. The third-order valence-electron chi connectivity index (χ3n) is 4.84. The Balaban J connectivity index is 1.55. The van der Waals surface area contributed by atoms with Crippen molar-refractivity contribution < 1.29 is 14.6 Å². The minimum Gasteiger partial charge on any atom is -0.457 e. The molecule has 0 fully saturated rings. The van der Waals surface area contributed by atoms with Crippen LogP contribution in [0.15, 0.2) is 78.9 Å². The number of hydrogen-bond donors (Lipinski definition) is 1. The molecule has 3 rings (SSSR count). The highest BCUT2D eigenvalue weighted by atomic mass is 35.5. The fourth-order valence-electron chi connectivity index (χ4n) is 2.89. The summed E-state index contributed by atoms with van der Waals surface area (Å²) in [5, 5.41) is 11.3. The molecule has 3 aromatic carbocycles. The maximum absolute atomic E-state index is 10.6. The summed E-state index contributed by atoms with van der Waals surface area (Å²) < 4.78 is 11.6. The van der Waals surface area contributed by atoms with Crippen LogP contribution in [-0.2, 0) is 16.8 Å². The van der Waals surface area contributed by atoms with Crippen LogP contribution in [-0.4, -0.2) is 17.8 Å². The van der Waals surface area contributed by atoms with Gasteiger partial charge in [-0.2, -0.15) is 0 Å². The first-order chi connectivity index (χ1) is 13.4. The lowest BCUT2D eigenvalue weighted by Crippen LogP contribution is -2.37. The number of aliphatic hydroxyl groups excluding tert-OH is 1. The lowest BCUT2D eigenvalue weighted by molar-refractivity contribution is -0.00615. The van der Waals surface area contributed by atoms with E-state index in [0.29, 0.717) is 11.6 Å². The van der Waals surface area contributed by atoms with Crippen molar-refractivity contribution in [3.05, 3.63) is 95.0 Å². The van der Waals surface area contributed by atoms with E-state index in [1.165, 1.54) is 0 Å². The molecule has 0 aliphatic rings. The number of para-hydroxylation sites is 1. The van der Waals surface area contributed by atoms with Gasteiger partial charge < -0.3 is 14.6 Å². The Morgan fingerprint density at radius 2 is 1.57 bits per heavy atom. The Labute approximate surface area is 171 Å². The van der Waals surface area contributed by atoms with E-state index in [1.54, 1.807) is 0 Å². The van der Waals surface area contributed by atoms with E-state index in [2.05, 4.69) is 0 Å². The van der Waals surface area contributed by atoms with E-state index in [-0.39, 0.29) is 6.61 Å². The second kappa shape index (κ2) is 9.24. The molecular formula is C24H25ClO3. The van der Waals surface area contributed by atoms with E-state index >= 15 is 0 Å². The Morgan fingerprint density at radius 1 is 0.893 bits per heavy atom. The van der Waals surface area contributed by atoms with Gasteiger partial charge in [0.05, 0.1) is 19.3 Å². The quantitative estimate of drug-likeness (QED) is 0.508. The lowest BCUT2D eigenvalue weighted by atomic mass is 9.79. The van der Waals surface area contributed by atoms with E-state index < -0.39 is 11.5 Å². The van der Waals surface area contributed by atoms with Gasteiger partial charge in [0.15, 0.2) is 0 Å². The summed E-state index contributed by atoms with van der Waals surface area (Å²) in [5.74, 6) is 1.55. The van der Waals surface area contributed by atoms with Gasteiger partial charge in [-0.15, -0.1) is 0 Å². The first-order valence-electron chi connectivity index (χ1n) is 9.29. The first kappa shape index (κ1) is 20.4. The fraction of sp³-hybridized carbons (Fsp3) is 0.250. The Hall–Kier alpha value is -2.33. The highest BCUT2D eigenvalue weighted by Crippen LogP contribution is 2.29. The molecule has 1 N–H and O–H groups in total. The van der Waals surface area contributed by atoms with Gasteiger partial charge in [-0.1, -0.05) is 67.9 Å². The summed E-state index contributed by atoms with van der Waals surface area (Å²) in [4.78, 5) is 0. The second-order valence-corrected chi connectivity index (χ2v) is 7.76. The van der Waals surface area contributed by atoms with Crippen molar-refractivity contribution in [3.63, 3.8) is 0 Å². The third-order valence-corrected chi connectivity index (χ3v) is 5.10. The molecule has 0 heterocycles. The van der Waals surface area contributed by atoms with Gasteiger partial charge in [-0.05, 0) is 47.5 Å². The molecule has 0 aliphatic carbocycles. The van der Waals surface area contributed by atoms with Crippen molar-refractivity contribution in [2.45, 2.75) is 32.0 Å². The molecule has 3 aromatic rings. The zero-order valence-electron chi connectivity index (χ0n) is 16.1. The molecule has 0 amide bonds. The maximum Gasteiger partial charge on any atom is 0.127 e. The smallest absolute Gasteiger partial charge is 0.127 e. The van der Waals surface area contributed by atoms with Crippen LogP contribution in [0.25, 0.3) is 0 Å². The summed E-state index contributed by atoms with van der Waals surface area (Å²) in [6, 6.07) is 25.0. The highest BCUT2D eigenvalue weighted by Gasteiger charge is 2.29. The molecule has 146 valence electrons. The minimum atomic E-state index is -0.641. The van der Waals surface area contributed by atoms with Crippen molar-refractivity contribution in [2.24, 2.45) is 0 Å². The van der Waals surface area contributed by atoms with Crippen LogP contribution in [0.1, 0.15) is 25.0 Å². The molecule has 0 aliphatic heterocycles. The number of ether oxygens (including phenoxy) is 2. The molecule has 0 radical (unpaired) electrons. The SMILES string of the molecule is CC(C)(c1ccc(Cl)cc1)C(O)COCc1cccc(Oc2ccccc2)c1. The Morgan fingerprint density at radius 3 is 2.29 bits per heavy atom. The van der Waals surface area contributed by atoms with Gasteiger partial charge in [-0.25, -0.2) is 0 Å². The van der Waals surface area contributed by atoms with Crippen LogP contribution in [0.4, 0.5) is 0 Å². The molecule has 0 saturated carbocycles. The van der Waals surface area contributed by atoms with Crippen molar-refractivity contribution >= 4 is 11.6 Å². The molecular weight excluding hydrogens is 372 g/mol. The van der Waals surface area contributed by atoms with Crippen LogP contribution in [0.3, 0.4) is 0 Å². The molecule has 3 nitrogen and oxygen atoms in total. The highest BCUT2D eigenvalue weighted by molar-refractivity contribution is 6.30. The minimum absolute atomic E-state index is 0.236. The summed E-state index contributed by atoms with van der Waals surface area (Å²) >= 11 is 5.96. The number of benzene rings is 3. The molecule has 0 saturated heterocycles. The molecule has 4 heteroatoms. The normalized spacial score (nSPS) is 12.6. The van der Waals surface area contributed by atoms with Gasteiger partial charge in [0.1, 0.15) is 11.5 Å². The zero-order valence-corrected chi connectivity index (χ0v) is 16.9. The summed E-state index contributed by atoms with van der Waals surface area (Å²) in [7, 11) is 0. The van der Waals surface area contributed by atoms with E-state index in [0.717, 1.165) is 22.6 Å². The summed E-state index contributed by atoms with van der Waals surface area (Å²) in [5.41, 5.74) is 1.57.